The lowest BCUT2D eigenvalue weighted by Gasteiger charge is -2.12. The third-order valence-corrected chi connectivity index (χ3v) is 6.74. The Kier molecular flexibility index (Phi) is 5.04. The minimum Gasteiger partial charge on any atom is -0.396 e. The second-order valence-corrected chi connectivity index (χ2v) is 9.02. The van der Waals surface area contributed by atoms with Crippen LogP contribution in [0.3, 0.4) is 0 Å². The lowest BCUT2D eigenvalue weighted by molar-refractivity contribution is 0.243. The van der Waals surface area contributed by atoms with Crippen LogP contribution in [0.25, 0.3) is 44.1 Å². The van der Waals surface area contributed by atoms with Crippen molar-refractivity contribution >= 4 is 27.5 Å². The Morgan fingerprint density at radius 3 is 1.57 bits per heavy atom. The van der Waals surface area contributed by atoms with Gasteiger partial charge >= 0.3 is 0 Å². The number of para-hydroxylation sites is 2. The number of aromatic nitrogens is 1. The van der Waals surface area contributed by atoms with Crippen molar-refractivity contribution in [1.82, 2.24) is 4.73 Å². The molecule has 6 rings (SSSR count). The van der Waals surface area contributed by atoms with Gasteiger partial charge in [-0.15, -0.1) is 0 Å². The number of hydrogen-bond donors (Lipinski definition) is 1. The van der Waals surface area contributed by atoms with Crippen molar-refractivity contribution in [3.63, 3.8) is 0 Å². The van der Waals surface area contributed by atoms with Crippen molar-refractivity contribution in [3.05, 3.63) is 120 Å². The highest BCUT2D eigenvalue weighted by Crippen LogP contribution is 2.37. The molecule has 0 saturated heterocycles. The molecule has 0 aliphatic rings. The average Bonchev–Trinajstić information content (AvgIpc) is 3.18. The predicted octanol–water partition coefficient (Wildman–Crippen LogP) is 8.17. The first-order chi connectivity index (χ1) is 17.1. The Bertz CT molecular complexity index is 1610. The van der Waals surface area contributed by atoms with Gasteiger partial charge in [0.15, 0.2) is 5.75 Å². The number of anilines is 1. The molecule has 0 spiro atoms. The summed E-state index contributed by atoms with van der Waals surface area (Å²) in [6, 6.07) is 37.8. The Hall–Kier alpha value is -4.50. The SMILES string of the molecule is Cc1ccccc1-c1ccc2c(c1)c1cc(-c3ccccc3C)ccc1n2Oc1ccccc1N. The maximum Gasteiger partial charge on any atom is 0.178 e. The van der Waals surface area contributed by atoms with Crippen LogP contribution in [0.15, 0.2) is 109 Å². The summed E-state index contributed by atoms with van der Waals surface area (Å²) >= 11 is 0. The van der Waals surface area contributed by atoms with E-state index >= 15 is 0 Å². The van der Waals surface area contributed by atoms with E-state index in [4.69, 9.17) is 10.6 Å². The van der Waals surface area contributed by atoms with Crippen molar-refractivity contribution in [2.75, 3.05) is 5.73 Å². The fourth-order valence-corrected chi connectivity index (χ4v) is 4.88. The first-order valence-electron chi connectivity index (χ1n) is 11.8. The first kappa shape index (κ1) is 21.1. The van der Waals surface area contributed by atoms with Crippen LogP contribution >= 0.6 is 0 Å². The van der Waals surface area contributed by atoms with Crippen LogP contribution in [0.5, 0.6) is 5.75 Å². The van der Waals surface area contributed by atoms with Crippen molar-refractivity contribution in [1.29, 1.82) is 0 Å². The van der Waals surface area contributed by atoms with Crippen LogP contribution in [0.4, 0.5) is 5.69 Å². The molecule has 2 N–H and O–H groups in total. The van der Waals surface area contributed by atoms with E-state index in [1.165, 1.54) is 33.4 Å². The topological polar surface area (TPSA) is 40.2 Å². The number of hydrogen-bond acceptors (Lipinski definition) is 2. The second-order valence-electron chi connectivity index (χ2n) is 9.02. The fraction of sp³-hybridized carbons (Fsp3) is 0.0625. The number of fused-ring (bicyclic) bond motifs is 3. The molecule has 0 unspecified atom stereocenters. The molecule has 1 aromatic heterocycles. The Labute approximate surface area is 205 Å². The Morgan fingerprint density at radius 1 is 0.571 bits per heavy atom. The van der Waals surface area contributed by atoms with E-state index in [0.717, 1.165) is 21.8 Å². The molecule has 0 radical (unpaired) electrons. The van der Waals surface area contributed by atoms with E-state index in [1.54, 1.807) is 0 Å². The maximum absolute atomic E-state index is 6.41. The second kappa shape index (κ2) is 8.37. The zero-order valence-corrected chi connectivity index (χ0v) is 19.8. The molecule has 0 fully saturated rings. The minimum absolute atomic E-state index is 0.607. The number of rotatable bonds is 4. The summed E-state index contributed by atoms with van der Waals surface area (Å²) in [5.74, 6) is 0.636. The highest BCUT2D eigenvalue weighted by molar-refractivity contribution is 6.10. The molecule has 0 saturated carbocycles. The summed E-state index contributed by atoms with van der Waals surface area (Å²) in [7, 11) is 0. The first-order valence-corrected chi connectivity index (χ1v) is 11.8. The van der Waals surface area contributed by atoms with Gasteiger partial charge in [-0.05, 0) is 83.6 Å². The molecular weight excluding hydrogens is 428 g/mol. The summed E-state index contributed by atoms with van der Waals surface area (Å²) in [4.78, 5) is 6.41. The zero-order chi connectivity index (χ0) is 23.9. The minimum atomic E-state index is 0.607. The summed E-state index contributed by atoms with van der Waals surface area (Å²) in [5.41, 5.74) is 16.2. The molecule has 0 amide bonds. The molecule has 0 bridgehead atoms. The third-order valence-electron chi connectivity index (χ3n) is 6.74. The number of nitrogen functional groups attached to an aromatic ring is 1. The van der Waals surface area contributed by atoms with Crippen molar-refractivity contribution < 1.29 is 4.84 Å². The van der Waals surface area contributed by atoms with Crippen LogP contribution in [0.1, 0.15) is 11.1 Å². The number of benzene rings is 5. The van der Waals surface area contributed by atoms with Crippen LogP contribution < -0.4 is 10.6 Å². The smallest absolute Gasteiger partial charge is 0.178 e. The largest absolute Gasteiger partial charge is 0.396 e. The molecule has 0 aliphatic carbocycles. The van der Waals surface area contributed by atoms with Crippen LogP contribution in [0.2, 0.25) is 0 Å². The molecule has 0 aliphatic heterocycles. The van der Waals surface area contributed by atoms with Crippen LogP contribution in [-0.4, -0.2) is 4.73 Å². The van der Waals surface area contributed by atoms with Gasteiger partial charge in [0.25, 0.3) is 0 Å². The van der Waals surface area contributed by atoms with E-state index in [0.29, 0.717) is 11.4 Å². The van der Waals surface area contributed by atoms with E-state index < -0.39 is 0 Å². The molecule has 3 heteroatoms. The summed E-state index contributed by atoms with van der Waals surface area (Å²) in [5, 5.41) is 2.29. The maximum atomic E-state index is 6.41. The number of aryl methyl sites for hydroxylation is 2. The predicted molar refractivity (Wildman–Crippen MR) is 147 cm³/mol. The molecule has 6 aromatic rings. The lowest BCUT2D eigenvalue weighted by Crippen LogP contribution is -2.06. The molecular formula is C32H26N2O. The number of nitrogens with zero attached hydrogens (tertiary/aromatic N) is 1. The van der Waals surface area contributed by atoms with Gasteiger partial charge in [0.1, 0.15) is 0 Å². The van der Waals surface area contributed by atoms with Gasteiger partial charge in [0.2, 0.25) is 0 Å². The monoisotopic (exact) mass is 454 g/mol. The molecule has 35 heavy (non-hydrogen) atoms. The standard InChI is InChI=1S/C32H26N2O/c1-21-9-3-5-11-25(21)23-15-17-30-27(19-23)28-20-24(26-12-6-4-10-22(26)2)16-18-31(28)34(30)35-32-14-8-7-13-29(32)33/h3-20H,33H2,1-2H3. The quantitative estimate of drug-likeness (QED) is 0.273. The van der Waals surface area contributed by atoms with Gasteiger partial charge in [-0.3, -0.25) is 0 Å². The van der Waals surface area contributed by atoms with Gasteiger partial charge in [0, 0.05) is 10.8 Å². The van der Waals surface area contributed by atoms with Crippen molar-refractivity contribution in [2.24, 2.45) is 0 Å². The van der Waals surface area contributed by atoms with Gasteiger partial charge in [-0.2, -0.15) is 4.73 Å². The Balaban J connectivity index is 1.62. The van der Waals surface area contributed by atoms with Crippen LogP contribution in [-0.2, 0) is 0 Å². The Morgan fingerprint density at radius 2 is 1.06 bits per heavy atom. The highest BCUT2D eigenvalue weighted by atomic mass is 16.7. The average molecular weight is 455 g/mol. The number of nitrogens with two attached hydrogens (primary N) is 1. The van der Waals surface area contributed by atoms with Gasteiger partial charge in [0.05, 0.1) is 16.7 Å². The fourth-order valence-electron chi connectivity index (χ4n) is 4.88. The summed E-state index contributed by atoms with van der Waals surface area (Å²) in [6.07, 6.45) is 0. The highest BCUT2D eigenvalue weighted by Gasteiger charge is 2.16. The van der Waals surface area contributed by atoms with E-state index in [2.05, 4.69) is 98.8 Å². The van der Waals surface area contributed by atoms with Crippen LogP contribution in [0, 0.1) is 13.8 Å². The third kappa shape index (κ3) is 3.62. The van der Waals surface area contributed by atoms with Gasteiger partial charge in [-0.1, -0.05) is 72.8 Å². The molecule has 1 heterocycles. The van der Waals surface area contributed by atoms with E-state index in [9.17, 15) is 0 Å². The lowest BCUT2D eigenvalue weighted by atomic mass is 9.97. The summed E-state index contributed by atoms with van der Waals surface area (Å²) < 4.78 is 1.90. The van der Waals surface area contributed by atoms with E-state index in [-0.39, 0.29) is 0 Å². The summed E-state index contributed by atoms with van der Waals surface area (Å²) in [6.45, 7) is 4.31. The molecule has 0 atom stereocenters. The molecule has 5 aromatic carbocycles. The zero-order valence-electron chi connectivity index (χ0n) is 19.8. The molecule has 170 valence electrons. The van der Waals surface area contributed by atoms with Gasteiger partial charge in [-0.25, -0.2) is 0 Å². The normalized spacial score (nSPS) is 11.3. The van der Waals surface area contributed by atoms with Crippen molar-refractivity contribution in [2.45, 2.75) is 13.8 Å². The molecule has 3 nitrogen and oxygen atoms in total. The van der Waals surface area contributed by atoms with Crippen molar-refractivity contribution in [3.8, 4) is 28.0 Å². The van der Waals surface area contributed by atoms with E-state index in [1.807, 2.05) is 29.0 Å². The van der Waals surface area contributed by atoms with Gasteiger partial charge < -0.3 is 10.6 Å².